The van der Waals surface area contributed by atoms with Gasteiger partial charge >= 0.3 is 0 Å². The highest BCUT2D eigenvalue weighted by atomic mass is 16.2. The summed E-state index contributed by atoms with van der Waals surface area (Å²) in [5, 5.41) is 5.42. The lowest BCUT2D eigenvalue weighted by molar-refractivity contribution is 0.101. The molecule has 34 heavy (non-hydrogen) atoms. The topological polar surface area (TPSA) is 128 Å². The van der Waals surface area contributed by atoms with Gasteiger partial charge in [0.15, 0.2) is 0 Å². The van der Waals surface area contributed by atoms with Crippen LogP contribution in [0, 0.1) is 0 Å². The summed E-state index contributed by atoms with van der Waals surface area (Å²) in [7, 11) is 0. The van der Waals surface area contributed by atoms with Crippen molar-refractivity contribution in [3.05, 3.63) is 102 Å². The number of amides is 2. The fourth-order valence-corrected chi connectivity index (χ4v) is 3.62. The fraction of sp³-hybridized carbons (Fsp3) is 0.0800. The van der Waals surface area contributed by atoms with Crippen LogP contribution in [0.2, 0.25) is 0 Å². The molecule has 3 heterocycles. The molecule has 5 rings (SSSR count). The number of aromatic nitrogens is 5. The minimum Gasteiger partial charge on any atom is -0.331 e. The SMILES string of the molecule is O=C(Nc1nc2c(C(=O)Nc3ncc[nH]3)cccc2[nH]1)c1cccc(CCc2ccccc2)n1. The highest BCUT2D eigenvalue weighted by molar-refractivity contribution is 6.11. The number of anilines is 2. The van der Waals surface area contributed by atoms with Gasteiger partial charge in [0, 0.05) is 18.1 Å². The van der Waals surface area contributed by atoms with E-state index in [1.807, 2.05) is 30.3 Å². The van der Waals surface area contributed by atoms with Gasteiger partial charge in [0.25, 0.3) is 11.8 Å². The van der Waals surface area contributed by atoms with Crippen LogP contribution in [0.4, 0.5) is 11.9 Å². The van der Waals surface area contributed by atoms with Crippen LogP contribution in [0.5, 0.6) is 0 Å². The molecule has 0 aliphatic rings. The minimum absolute atomic E-state index is 0.231. The molecule has 0 saturated heterocycles. The molecule has 9 nitrogen and oxygen atoms in total. The predicted octanol–water partition coefficient (Wildman–Crippen LogP) is 3.97. The van der Waals surface area contributed by atoms with Crippen LogP contribution in [-0.4, -0.2) is 36.7 Å². The Morgan fingerprint density at radius 2 is 1.62 bits per heavy atom. The summed E-state index contributed by atoms with van der Waals surface area (Å²) in [6.07, 6.45) is 4.72. The summed E-state index contributed by atoms with van der Waals surface area (Å²) in [4.78, 5) is 44.3. The monoisotopic (exact) mass is 451 g/mol. The maximum atomic E-state index is 12.8. The Hall–Kier alpha value is -4.79. The van der Waals surface area contributed by atoms with Crippen LogP contribution in [0.3, 0.4) is 0 Å². The number of hydrogen-bond donors (Lipinski definition) is 4. The van der Waals surface area contributed by atoms with Crippen LogP contribution in [-0.2, 0) is 12.8 Å². The van der Waals surface area contributed by atoms with Crippen LogP contribution in [0.25, 0.3) is 11.0 Å². The number of nitrogens with one attached hydrogen (secondary N) is 4. The second kappa shape index (κ2) is 9.37. The lowest BCUT2D eigenvalue weighted by Gasteiger charge is -2.05. The summed E-state index contributed by atoms with van der Waals surface area (Å²) >= 11 is 0. The number of benzene rings is 2. The molecule has 4 N–H and O–H groups in total. The summed E-state index contributed by atoms with van der Waals surface area (Å²) in [5.74, 6) is -0.182. The number of nitrogens with zero attached hydrogens (tertiary/aromatic N) is 3. The van der Waals surface area contributed by atoms with E-state index in [0.717, 1.165) is 18.5 Å². The number of fused-ring (bicyclic) bond motifs is 1. The van der Waals surface area contributed by atoms with E-state index in [2.05, 4.69) is 47.7 Å². The zero-order valence-corrected chi connectivity index (χ0v) is 18.1. The number of carbonyl (C=O) groups excluding carboxylic acids is 2. The Bertz CT molecular complexity index is 1440. The molecule has 0 radical (unpaired) electrons. The van der Waals surface area contributed by atoms with E-state index in [9.17, 15) is 9.59 Å². The minimum atomic E-state index is -0.387. The molecule has 0 unspecified atom stereocenters. The molecule has 3 aromatic heterocycles. The molecule has 0 fully saturated rings. The van der Waals surface area contributed by atoms with Gasteiger partial charge in [0.05, 0.1) is 11.1 Å². The third-order valence-electron chi connectivity index (χ3n) is 5.27. The Morgan fingerprint density at radius 1 is 0.794 bits per heavy atom. The molecule has 5 aromatic rings. The maximum absolute atomic E-state index is 12.8. The van der Waals surface area contributed by atoms with E-state index < -0.39 is 0 Å². The van der Waals surface area contributed by atoms with Crippen molar-refractivity contribution in [2.45, 2.75) is 12.8 Å². The first-order chi connectivity index (χ1) is 16.7. The van der Waals surface area contributed by atoms with Gasteiger partial charge in [-0.3, -0.25) is 20.2 Å². The second-order valence-corrected chi connectivity index (χ2v) is 7.63. The van der Waals surface area contributed by atoms with Crippen molar-refractivity contribution in [2.75, 3.05) is 10.6 Å². The number of aromatic amines is 2. The zero-order valence-electron chi connectivity index (χ0n) is 18.1. The second-order valence-electron chi connectivity index (χ2n) is 7.63. The van der Waals surface area contributed by atoms with E-state index in [-0.39, 0.29) is 17.8 Å². The quantitative estimate of drug-likeness (QED) is 0.298. The summed E-state index contributed by atoms with van der Waals surface area (Å²) in [6.45, 7) is 0. The largest absolute Gasteiger partial charge is 0.331 e. The Kier molecular flexibility index (Phi) is 5.81. The highest BCUT2D eigenvalue weighted by Gasteiger charge is 2.16. The molecule has 0 aliphatic heterocycles. The first-order valence-electron chi connectivity index (χ1n) is 10.8. The molecule has 0 atom stereocenters. The number of pyridine rings is 1. The molecule has 0 bridgehead atoms. The van der Waals surface area contributed by atoms with Gasteiger partial charge in [-0.1, -0.05) is 42.5 Å². The van der Waals surface area contributed by atoms with E-state index in [4.69, 9.17) is 0 Å². The average molecular weight is 451 g/mol. The van der Waals surface area contributed by atoms with Crippen molar-refractivity contribution in [1.29, 1.82) is 0 Å². The lowest BCUT2D eigenvalue weighted by Crippen LogP contribution is -2.15. The van der Waals surface area contributed by atoms with Crippen molar-refractivity contribution in [3.8, 4) is 0 Å². The van der Waals surface area contributed by atoms with Gasteiger partial charge < -0.3 is 9.97 Å². The van der Waals surface area contributed by atoms with Gasteiger partial charge in [-0.15, -0.1) is 0 Å². The lowest BCUT2D eigenvalue weighted by atomic mass is 10.1. The van der Waals surface area contributed by atoms with Gasteiger partial charge in [0.1, 0.15) is 11.2 Å². The smallest absolute Gasteiger partial charge is 0.276 e. The van der Waals surface area contributed by atoms with Crippen LogP contribution >= 0.6 is 0 Å². The first-order valence-corrected chi connectivity index (χ1v) is 10.8. The fourth-order valence-electron chi connectivity index (χ4n) is 3.62. The van der Waals surface area contributed by atoms with Crippen LogP contribution < -0.4 is 10.6 Å². The van der Waals surface area contributed by atoms with Gasteiger partial charge in [0.2, 0.25) is 11.9 Å². The summed E-state index contributed by atoms with van der Waals surface area (Å²) in [5.41, 5.74) is 3.75. The molecule has 168 valence electrons. The Labute approximate surface area is 194 Å². The molecule has 2 aromatic carbocycles. The molecular weight excluding hydrogens is 430 g/mol. The molecule has 9 heteroatoms. The zero-order chi connectivity index (χ0) is 23.3. The van der Waals surface area contributed by atoms with Crippen LogP contribution in [0.1, 0.15) is 32.1 Å². The number of hydrogen-bond acceptors (Lipinski definition) is 5. The van der Waals surface area contributed by atoms with E-state index in [1.165, 1.54) is 5.56 Å². The predicted molar refractivity (Wildman–Crippen MR) is 129 cm³/mol. The molecule has 0 aliphatic carbocycles. The third-order valence-corrected chi connectivity index (χ3v) is 5.27. The van der Waals surface area contributed by atoms with Crippen LogP contribution in [0.15, 0.2) is 79.1 Å². The standard InChI is InChI=1S/C25H21N7O2/c33-22(31-24-26-14-15-27-24)18-9-5-10-19-21(18)30-25(29-19)32-23(34)20-11-4-8-17(28-20)13-12-16-6-2-1-3-7-16/h1-11,14-15H,12-13H2,(H2,26,27,31,33)(H2,29,30,32,34). The van der Waals surface area contributed by atoms with Crippen molar-refractivity contribution in [2.24, 2.45) is 0 Å². The molecule has 2 amide bonds. The Balaban J connectivity index is 1.30. The van der Waals surface area contributed by atoms with Gasteiger partial charge in [-0.2, -0.15) is 0 Å². The van der Waals surface area contributed by atoms with Crippen molar-refractivity contribution in [1.82, 2.24) is 24.9 Å². The molecule has 0 spiro atoms. The Morgan fingerprint density at radius 3 is 2.44 bits per heavy atom. The molecular formula is C25H21N7O2. The van der Waals surface area contributed by atoms with Crippen molar-refractivity contribution >= 4 is 34.7 Å². The number of carbonyl (C=O) groups is 2. The number of imidazole rings is 2. The summed E-state index contributed by atoms with van der Waals surface area (Å²) < 4.78 is 0. The number of aryl methyl sites for hydroxylation is 2. The third kappa shape index (κ3) is 4.68. The summed E-state index contributed by atoms with van der Waals surface area (Å²) in [6, 6.07) is 20.7. The van der Waals surface area contributed by atoms with Gasteiger partial charge in [-0.05, 0) is 42.7 Å². The van der Waals surface area contributed by atoms with Crippen molar-refractivity contribution in [3.63, 3.8) is 0 Å². The van der Waals surface area contributed by atoms with E-state index in [0.29, 0.717) is 28.2 Å². The maximum Gasteiger partial charge on any atom is 0.276 e. The first kappa shape index (κ1) is 21.1. The van der Waals surface area contributed by atoms with E-state index in [1.54, 1.807) is 36.7 Å². The van der Waals surface area contributed by atoms with Gasteiger partial charge in [-0.25, -0.2) is 15.0 Å². The number of para-hydroxylation sites is 1. The number of H-pyrrole nitrogens is 2. The highest BCUT2D eigenvalue weighted by Crippen LogP contribution is 2.20. The average Bonchev–Trinajstić information content (AvgIpc) is 3.52. The normalized spacial score (nSPS) is 10.8. The van der Waals surface area contributed by atoms with E-state index >= 15 is 0 Å². The van der Waals surface area contributed by atoms with Crippen molar-refractivity contribution < 1.29 is 9.59 Å². The molecule has 0 saturated carbocycles. The number of rotatable bonds is 7.